The Morgan fingerprint density at radius 3 is 1.92 bits per heavy atom. The molecule has 3 nitrogen and oxygen atoms in total. The second kappa shape index (κ2) is 13.6. The topological polar surface area (TPSA) is 30.8 Å². The van der Waals surface area contributed by atoms with Gasteiger partial charge < -0.3 is 9.47 Å². The van der Waals surface area contributed by atoms with Gasteiger partial charge in [-0.1, -0.05) is 51.3 Å². The zero-order chi connectivity index (χ0) is 18.5. The van der Waals surface area contributed by atoms with E-state index in [9.17, 15) is 0 Å². The normalized spacial score (nSPS) is 8.92. The van der Waals surface area contributed by atoms with Gasteiger partial charge in [-0.05, 0) is 42.3 Å². The van der Waals surface area contributed by atoms with Gasteiger partial charge in [0.15, 0.2) is 0 Å². The SMILES string of the molecule is COc1cc(C)ccc1Cl.COc1cc(CBr)ccc1Cl.[B]=NS. The molecule has 0 heterocycles. The molecule has 8 heteroatoms. The van der Waals surface area contributed by atoms with E-state index in [0.29, 0.717) is 10.0 Å². The summed E-state index contributed by atoms with van der Waals surface area (Å²) < 4.78 is 12.7. The first-order valence-electron chi connectivity index (χ1n) is 6.66. The predicted octanol–water partition coefficient (Wildman–Crippen LogP) is 6.08. The van der Waals surface area contributed by atoms with Crippen molar-refractivity contribution >= 4 is 59.6 Å². The monoisotopic (exact) mass is 448 g/mol. The van der Waals surface area contributed by atoms with E-state index in [2.05, 4.69) is 40.7 Å². The van der Waals surface area contributed by atoms with Crippen molar-refractivity contribution in [2.45, 2.75) is 12.3 Å². The summed E-state index contributed by atoms with van der Waals surface area (Å²) in [5, 5.41) is 2.13. The second-order valence-corrected chi connectivity index (χ2v) is 5.96. The van der Waals surface area contributed by atoms with Crippen molar-refractivity contribution in [3.8, 4) is 11.5 Å². The van der Waals surface area contributed by atoms with Gasteiger partial charge in [0.2, 0.25) is 0 Å². The van der Waals surface area contributed by atoms with Gasteiger partial charge in [-0.15, -0.1) is 0 Å². The fourth-order valence-corrected chi connectivity index (χ4v) is 2.29. The van der Waals surface area contributed by atoms with Crippen molar-refractivity contribution in [2.24, 2.45) is 4.30 Å². The third-order valence-electron chi connectivity index (χ3n) is 2.68. The first-order chi connectivity index (χ1) is 11.4. The van der Waals surface area contributed by atoms with Gasteiger partial charge in [0, 0.05) is 5.33 Å². The van der Waals surface area contributed by atoms with Crippen LogP contribution in [-0.2, 0) is 5.33 Å². The molecule has 0 atom stereocenters. The molecule has 129 valence electrons. The number of thiol groups is 1. The Balaban J connectivity index is 0.000000381. The number of ether oxygens (including phenoxy) is 2. The summed E-state index contributed by atoms with van der Waals surface area (Å²) in [6.07, 6.45) is 0. The molecule has 0 saturated carbocycles. The molecule has 0 aliphatic heterocycles. The Labute approximate surface area is 168 Å². The summed E-state index contributed by atoms with van der Waals surface area (Å²) in [7, 11) is 7.56. The molecule has 0 spiro atoms. The molecule has 1 radical (unpaired) electrons. The summed E-state index contributed by atoms with van der Waals surface area (Å²) in [4.78, 5) is 0. The van der Waals surface area contributed by atoms with Crippen LogP contribution in [-0.4, -0.2) is 21.9 Å². The molecule has 0 aliphatic rings. The Hall–Kier alpha value is -0.685. The number of aryl methyl sites for hydroxylation is 1. The van der Waals surface area contributed by atoms with Crippen LogP contribution in [0.4, 0.5) is 0 Å². The summed E-state index contributed by atoms with van der Waals surface area (Å²) in [5.74, 6) is 1.46. The fraction of sp³-hybridized carbons (Fsp3) is 0.250. The molecule has 0 aliphatic carbocycles. The quantitative estimate of drug-likeness (QED) is 0.349. The van der Waals surface area contributed by atoms with Crippen molar-refractivity contribution in [1.82, 2.24) is 0 Å². The Morgan fingerprint density at radius 1 is 1.04 bits per heavy atom. The Morgan fingerprint density at radius 2 is 1.50 bits per heavy atom. The molecular weight excluding hydrogens is 432 g/mol. The number of hydrogen-bond donors (Lipinski definition) is 1. The van der Waals surface area contributed by atoms with Crippen LogP contribution < -0.4 is 9.47 Å². The van der Waals surface area contributed by atoms with E-state index in [-0.39, 0.29) is 0 Å². The van der Waals surface area contributed by atoms with Gasteiger partial charge >= 0.3 is 24.8 Å². The number of halogens is 3. The zero-order valence-electron chi connectivity index (χ0n) is 13.6. The van der Waals surface area contributed by atoms with Crippen LogP contribution in [0.15, 0.2) is 40.7 Å². The van der Waals surface area contributed by atoms with Gasteiger partial charge in [0.05, 0.1) is 24.3 Å². The van der Waals surface area contributed by atoms with Gasteiger partial charge in [-0.3, -0.25) is 0 Å². The molecule has 0 aromatic heterocycles. The predicted molar refractivity (Wildman–Crippen MR) is 111 cm³/mol. The van der Waals surface area contributed by atoms with Gasteiger partial charge in [0.1, 0.15) is 11.5 Å². The van der Waals surface area contributed by atoms with Crippen molar-refractivity contribution in [3.05, 3.63) is 57.6 Å². The first-order valence-corrected chi connectivity index (χ1v) is 8.94. The minimum atomic E-state index is 0.650. The van der Waals surface area contributed by atoms with E-state index in [4.69, 9.17) is 32.7 Å². The summed E-state index contributed by atoms with van der Waals surface area (Å²) >= 11 is 18.1. The van der Waals surface area contributed by atoms with Crippen molar-refractivity contribution in [2.75, 3.05) is 14.2 Å². The molecule has 0 bridgehead atoms. The maximum absolute atomic E-state index is 5.81. The first kappa shape index (κ1) is 23.3. The van der Waals surface area contributed by atoms with Crippen LogP contribution in [0, 0.1) is 6.92 Å². The zero-order valence-corrected chi connectivity index (χ0v) is 17.6. The number of benzene rings is 2. The van der Waals surface area contributed by atoms with E-state index < -0.39 is 0 Å². The summed E-state index contributed by atoms with van der Waals surface area (Å²) in [6.45, 7) is 2.00. The van der Waals surface area contributed by atoms with E-state index >= 15 is 0 Å². The van der Waals surface area contributed by atoms with Crippen LogP contribution in [0.5, 0.6) is 11.5 Å². The number of hydrogen-bond acceptors (Lipinski definition) is 4. The standard InChI is InChI=1S/C8H8BrClO.C8H9ClO.BHNS/c1-11-8-4-6(5-9)2-3-7(8)10;1-6-3-4-7(9)8(5-6)10-2;1-2-3/h2-4H,5H2,1H3;3-5H,1-2H3;3H. The van der Waals surface area contributed by atoms with Crippen LogP contribution >= 0.6 is 51.9 Å². The fourth-order valence-electron chi connectivity index (χ4n) is 1.55. The molecule has 0 amide bonds. The third-order valence-corrected chi connectivity index (χ3v) is 3.95. The molecule has 0 saturated heterocycles. The van der Waals surface area contributed by atoms with Crippen LogP contribution in [0.3, 0.4) is 0 Å². The molecular formula is C16H18BBrCl2NO2S. The van der Waals surface area contributed by atoms with E-state index in [0.717, 1.165) is 28.0 Å². The second-order valence-electron chi connectivity index (χ2n) is 4.36. The van der Waals surface area contributed by atoms with Crippen molar-refractivity contribution in [3.63, 3.8) is 0 Å². The van der Waals surface area contributed by atoms with Gasteiger partial charge in [-0.2, -0.15) is 0 Å². The molecule has 24 heavy (non-hydrogen) atoms. The Bertz CT molecular complexity index is 647. The minimum absolute atomic E-state index is 0.650. The summed E-state index contributed by atoms with van der Waals surface area (Å²) in [6, 6.07) is 11.4. The van der Waals surface area contributed by atoms with Crippen LogP contribution in [0.1, 0.15) is 11.1 Å². The number of methoxy groups -OCH3 is 2. The van der Waals surface area contributed by atoms with Gasteiger partial charge in [-0.25, -0.2) is 0 Å². The molecule has 2 aromatic carbocycles. The number of alkyl halides is 1. The maximum atomic E-state index is 5.81. The number of rotatable bonds is 3. The van der Waals surface area contributed by atoms with Crippen molar-refractivity contribution in [1.29, 1.82) is 0 Å². The van der Waals surface area contributed by atoms with Gasteiger partial charge in [0.25, 0.3) is 0 Å². The van der Waals surface area contributed by atoms with E-state index in [1.54, 1.807) is 14.2 Å². The summed E-state index contributed by atoms with van der Waals surface area (Å²) in [5.41, 5.74) is 2.31. The average Bonchev–Trinajstić information content (AvgIpc) is 2.59. The van der Waals surface area contributed by atoms with E-state index in [1.165, 1.54) is 0 Å². The molecule has 0 fully saturated rings. The number of nitrogens with zero attached hydrogens (tertiary/aromatic N) is 1. The van der Waals surface area contributed by atoms with E-state index in [1.807, 2.05) is 43.3 Å². The Kier molecular flexibility index (Phi) is 13.2. The third kappa shape index (κ3) is 8.97. The molecule has 2 rings (SSSR count). The molecule has 2 aromatic rings. The van der Waals surface area contributed by atoms with Crippen molar-refractivity contribution < 1.29 is 9.47 Å². The molecule has 0 N–H and O–H groups in total. The van der Waals surface area contributed by atoms with Crippen LogP contribution in [0.25, 0.3) is 0 Å². The van der Waals surface area contributed by atoms with Crippen LogP contribution in [0.2, 0.25) is 10.0 Å². The average molecular weight is 450 g/mol. The molecule has 0 unspecified atom stereocenters.